The number of hydrogen-bond acceptors (Lipinski definition) is 4. The van der Waals surface area contributed by atoms with Crippen LogP contribution in [0.5, 0.6) is 0 Å². The number of carbonyl (C=O) groups excluding carboxylic acids is 1. The molecule has 2 aromatic carbocycles. The number of likely N-dealkylation sites (N-methyl/N-ethyl adjacent to an activating group) is 1. The predicted octanol–water partition coefficient (Wildman–Crippen LogP) is 7.98. The van der Waals surface area contributed by atoms with E-state index in [2.05, 4.69) is 18.3 Å². The Morgan fingerprint density at radius 1 is 1.03 bits per heavy atom. The monoisotopic (exact) mass is 566 g/mol. The lowest BCUT2D eigenvalue weighted by molar-refractivity contribution is -0.151. The Morgan fingerprint density at radius 2 is 1.62 bits per heavy atom. The second-order valence-electron chi connectivity index (χ2n) is 9.16. The minimum atomic E-state index is -0.905. The summed E-state index contributed by atoms with van der Waals surface area (Å²) in [5.74, 6) is -1.36. The van der Waals surface area contributed by atoms with Crippen molar-refractivity contribution in [2.45, 2.75) is 76.6 Å². The van der Waals surface area contributed by atoms with E-state index in [1.165, 1.54) is 12.8 Å². The summed E-state index contributed by atoms with van der Waals surface area (Å²) in [5, 5.41) is 11.4. The minimum absolute atomic E-state index is 0.0229. The first kappa shape index (κ1) is 31.5. The van der Waals surface area contributed by atoms with Crippen LogP contribution >= 0.6 is 35.1 Å². The van der Waals surface area contributed by atoms with Crippen LogP contribution < -0.4 is 0 Å². The van der Waals surface area contributed by atoms with Gasteiger partial charge in [0.15, 0.2) is 0 Å². The first-order valence-corrected chi connectivity index (χ1v) is 14.8. The lowest BCUT2D eigenvalue weighted by Crippen LogP contribution is -2.52. The van der Waals surface area contributed by atoms with Crippen molar-refractivity contribution < 1.29 is 14.7 Å². The van der Waals surface area contributed by atoms with Gasteiger partial charge in [0.2, 0.25) is 5.91 Å². The number of carboxylic acid groups (broad SMARTS) is 1. The Hall–Kier alpha value is -1.73. The standard InChI is InChI=1S/C21H29ClN2O3S.C6H5Cl.C2H6/c1-3-17(13-23(2)28-18-9-10-18)24-19(14-4-7-16(22)8-5-14)11-6-15(21(24)27)12-20(25)26;7-6-4-2-1-3-5-6;1-2/h4-5,7-8,15,17-19H,3,6,9-13H2,1-2H3,(H,25,26);1-5H;1-2H3. The van der Waals surface area contributed by atoms with Crippen LogP contribution in [0.25, 0.3) is 0 Å². The molecule has 3 unspecified atom stereocenters. The number of hydrogen-bond donors (Lipinski definition) is 1. The average molecular weight is 568 g/mol. The van der Waals surface area contributed by atoms with E-state index in [-0.39, 0.29) is 24.4 Å². The van der Waals surface area contributed by atoms with Gasteiger partial charge in [0.05, 0.1) is 12.5 Å². The third-order valence-electron chi connectivity index (χ3n) is 6.32. The fourth-order valence-electron chi connectivity index (χ4n) is 4.43. The largest absolute Gasteiger partial charge is 0.481 e. The molecule has 1 saturated heterocycles. The van der Waals surface area contributed by atoms with Crippen molar-refractivity contribution in [2.75, 3.05) is 13.6 Å². The summed E-state index contributed by atoms with van der Waals surface area (Å²) in [6.07, 6.45) is 4.67. The highest BCUT2D eigenvalue weighted by atomic mass is 35.5. The molecule has 2 aromatic rings. The van der Waals surface area contributed by atoms with Crippen molar-refractivity contribution in [3.63, 3.8) is 0 Å². The average Bonchev–Trinajstić information content (AvgIpc) is 3.70. The number of aliphatic carboxylic acids is 1. The molecule has 1 aliphatic heterocycles. The highest BCUT2D eigenvalue weighted by molar-refractivity contribution is 7.97. The van der Waals surface area contributed by atoms with Crippen molar-refractivity contribution in [2.24, 2.45) is 5.92 Å². The number of carbonyl (C=O) groups is 2. The van der Waals surface area contributed by atoms with Crippen molar-refractivity contribution in [1.29, 1.82) is 0 Å². The number of piperidine rings is 1. The second kappa shape index (κ2) is 16.3. The lowest BCUT2D eigenvalue weighted by Gasteiger charge is -2.44. The van der Waals surface area contributed by atoms with Gasteiger partial charge < -0.3 is 10.0 Å². The van der Waals surface area contributed by atoms with Gasteiger partial charge in [-0.3, -0.25) is 13.9 Å². The topological polar surface area (TPSA) is 60.9 Å². The number of likely N-dealkylation sites (tertiary alicyclic amines) is 1. The zero-order chi connectivity index (χ0) is 27.4. The van der Waals surface area contributed by atoms with Crippen LogP contribution in [0.3, 0.4) is 0 Å². The van der Waals surface area contributed by atoms with E-state index in [1.54, 1.807) is 0 Å². The van der Waals surface area contributed by atoms with E-state index < -0.39 is 11.9 Å². The normalized spacial score (nSPS) is 19.9. The summed E-state index contributed by atoms with van der Waals surface area (Å²) in [6.45, 7) is 6.89. The van der Waals surface area contributed by atoms with E-state index in [9.17, 15) is 14.7 Å². The third-order valence-corrected chi connectivity index (χ3v) is 8.11. The Morgan fingerprint density at radius 3 is 2.11 bits per heavy atom. The maximum Gasteiger partial charge on any atom is 0.304 e. The molecule has 3 atom stereocenters. The Labute approximate surface area is 236 Å². The molecule has 204 valence electrons. The maximum absolute atomic E-state index is 13.3. The summed E-state index contributed by atoms with van der Waals surface area (Å²) < 4.78 is 2.25. The Balaban J connectivity index is 0.000000455. The number of amides is 1. The maximum atomic E-state index is 13.3. The predicted molar refractivity (Wildman–Crippen MR) is 156 cm³/mol. The highest BCUT2D eigenvalue weighted by Crippen LogP contribution is 2.40. The first-order valence-electron chi connectivity index (χ1n) is 13.2. The van der Waals surface area contributed by atoms with Crippen molar-refractivity contribution in [3.8, 4) is 0 Å². The molecule has 8 heteroatoms. The van der Waals surface area contributed by atoms with Crippen molar-refractivity contribution >= 4 is 47.0 Å². The van der Waals surface area contributed by atoms with Crippen LogP contribution in [0.2, 0.25) is 10.0 Å². The van der Waals surface area contributed by atoms with Crippen LogP contribution in [0, 0.1) is 5.92 Å². The van der Waals surface area contributed by atoms with Crippen LogP contribution in [-0.2, 0) is 9.59 Å². The molecular formula is C29H40Cl2N2O3S. The van der Waals surface area contributed by atoms with Crippen LogP contribution in [0.4, 0.5) is 0 Å². The van der Waals surface area contributed by atoms with E-state index in [4.69, 9.17) is 23.2 Å². The Kier molecular flexibility index (Phi) is 13.9. The third kappa shape index (κ3) is 10.5. The number of nitrogens with zero attached hydrogens (tertiary/aromatic N) is 2. The van der Waals surface area contributed by atoms with Crippen LogP contribution in [0.15, 0.2) is 54.6 Å². The molecule has 0 radical (unpaired) electrons. The molecule has 0 bridgehead atoms. The molecule has 4 rings (SSSR count). The smallest absolute Gasteiger partial charge is 0.304 e. The molecule has 0 spiro atoms. The van der Waals surface area contributed by atoms with Crippen molar-refractivity contribution in [1.82, 2.24) is 9.21 Å². The minimum Gasteiger partial charge on any atom is -0.481 e. The van der Waals surface area contributed by atoms with Gasteiger partial charge in [-0.25, -0.2) is 0 Å². The molecule has 1 heterocycles. The summed E-state index contributed by atoms with van der Waals surface area (Å²) in [5.41, 5.74) is 1.07. The molecule has 1 saturated carbocycles. The summed E-state index contributed by atoms with van der Waals surface area (Å²) in [4.78, 5) is 26.6. The fraction of sp³-hybridized carbons (Fsp3) is 0.517. The van der Waals surface area contributed by atoms with Crippen LogP contribution in [0.1, 0.15) is 70.9 Å². The molecule has 37 heavy (non-hydrogen) atoms. The van der Waals surface area contributed by atoms with Crippen molar-refractivity contribution in [3.05, 3.63) is 70.2 Å². The van der Waals surface area contributed by atoms with Gasteiger partial charge >= 0.3 is 5.97 Å². The zero-order valence-electron chi connectivity index (χ0n) is 22.3. The van der Waals surface area contributed by atoms with Gasteiger partial charge in [0.1, 0.15) is 0 Å². The molecule has 1 N–H and O–H groups in total. The van der Waals surface area contributed by atoms with Gasteiger partial charge in [-0.2, -0.15) is 0 Å². The van der Waals surface area contributed by atoms with Crippen LogP contribution in [-0.4, -0.2) is 51.1 Å². The highest BCUT2D eigenvalue weighted by Gasteiger charge is 2.40. The van der Waals surface area contributed by atoms with Gasteiger partial charge in [-0.05, 0) is 69.0 Å². The Bertz CT molecular complexity index is 957. The first-order chi connectivity index (χ1) is 17.8. The number of halogens is 2. The number of benzene rings is 2. The molecule has 2 aliphatic rings. The van der Waals surface area contributed by atoms with Gasteiger partial charge in [-0.15, -0.1) is 0 Å². The van der Waals surface area contributed by atoms with E-state index in [0.29, 0.717) is 16.7 Å². The summed E-state index contributed by atoms with van der Waals surface area (Å²) in [6, 6.07) is 17.2. The van der Waals surface area contributed by atoms with Gasteiger partial charge in [-0.1, -0.05) is 86.3 Å². The summed E-state index contributed by atoms with van der Waals surface area (Å²) in [7, 11) is 2.09. The SMILES string of the molecule is CC.CCC(CN(C)SC1CC1)N1C(=O)C(CC(=O)O)CCC1c1ccc(Cl)cc1.Clc1ccccc1. The molecule has 2 fully saturated rings. The molecule has 0 aromatic heterocycles. The van der Waals surface area contributed by atoms with Gasteiger partial charge in [0.25, 0.3) is 0 Å². The van der Waals surface area contributed by atoms with E-state index in [1.807, 2.05) is 85.3 Å². The fourth-order valence-corrected chi connectivity index (χ4v) is 5.81. The zero-order valence-corrected chi connectivity index (χ0v) is 24.6. The molecular weight excluding hydrogens is 527 g/mol. The number of carboxylic acids is 1. The number of rotatable bonds is 9. The second-order valence-corrected chi connectivity index (χ2v) is 11.5. The van der Waals surface area contributed by atoms with E-state index >= 15 is 0 Å². The van der Waals surface area contributed by atoms with Gasteiger partial charge in [0, 0.05) is 33.8 Å². The lowest BCUT2D eigenvalue weighted by atomic mass is 9.85. The summed E-state index contributed by atoms with van der Waals surface area (Å²) >= 11 is 13.5. The molecule has 1 aliphatic carbocycles. The molecule has 5 nitrogen and oxygen atoms in total. The molecule has 1 amide bonds. The quantitative estimate of drug-likeness (QED) is 0.311. The van der Waals surface area contributed by atoms with E-state index in [0.717, 1.165) is 30.0 Å².